The van der Waals surface area contributed by atoms with Crippen molar-refractivity contribution in [3.63, 3.8) is 0 Å². The van der Waals surface area contributed by atoms with Gasteiger partial charge in [0, 0.05) is 17.7 Å². The van der Waals surface area contributed by atoms with E-state index in [9.17, 15) is 14.4 Å². The maximum atomic E-state index is 13.2. The second kappa shape index (κ2) is 8.07. The smallest absolute Gasteiger partial charge is 0.260 e. The summed E-state index contributed by atoms with van der Waals surface area (Å²) in [6.07, 6.45) is 3.69. The van der Waals surface area contributed by atoms with Gasteiger partial charge >= 0.3 is 0 Å². The highest BCUT2D eigenvalue weighted by molar-refractivity contribution is 6.17. The largest absolute Gasteiger partial charge is 0.355 e. The molecule has 0 aliphatic carbocycles. The van der Waals surface area contributed by atoms with E-state index in [2.05, 4.69) is 12.2 Å². The third kappa shape index (κ3) is 3.39. The van der Waals surface area contributed by atoms with Crippen molar-refractivity contribution in [3.05, 3.63) is 65.2 Å². The molecule has 2 aliphatic heterocycles. The van der Waals surface area contributed by atoms with Crippen molar-refractivity contribution in [3.8, 4) is 0 Å². The topological polar surface area (TPSA) is 69.7 Å². The average molecular weight is 391 g/mol. The molecule has 0 aromatic heterocycles. The Bertz CT molecular complexity index is 956. The van der Waals surface area contributed by atoms with Crippen molar-refractivity contribution in [1.82, 2.24) is 10.2 Å². The predicted octanol–water partition coefficient (Wildman–Crippen LogP) is 3.50. The number of amides is 3. The highest BCUT2D eigenvalue weighted by Crippen LogP contribution is 2.44. The molecule has 6 heteroatoms. The molecule has 0 radical (unpaired) electrons. The van der Waals surface area contributed by atoms with E-state index in [1.165, 1.54) is 4.90 Å². The highest BCUT2D eigenvalue weighted by atomic mass is 16.2. The molecule has 0 saturated heterocycles. The standard InChI is InChI=1S/C23H25N3O3/c1-2-3-4-9-14-24-20(27)15-25-21-16-10-5-6-11-17(16)23(29)26(21)19-13-8-7-12-18(19)22(25)28/h5-8,10-13,21H,2-4,9,14-15H2,1H3,(H,24,27)/t21-/m0/s1. The van der Waals surface area contributed by atoms with Crippen LogP contribution in [0.4, 0.5) is 5.69 Å². The van der Waals surface area contributed by atoms with Crippen LogP contribution >= 0.6 is 0 Å². The molecule has 0 spiro atoms. The number of anilines is 1. The fraction of sp³-hybridized carbons (Fsp3) is 0.348. The van der Waals surface area contributed by atoms with Gasteiger partial charge in [-0.1, -0.05) is 56.5 Å². The predicted molar refractivity (Wildman–Crippen MR) is 111 cm³/mol. The number of carbonyl (C=O) groups excluding carboxylic acids is 3. The highest BCUT2D eigenvalue weighted by Gasteiger charge is 2.47. The molecule has 3 amide bonds. The molecule has 2 aromatic rings. The van der Waals surface area contributed by atoms with E-state index in [1.54, 1.807) is 29.2 Å². The van der Waals surface area contributed by atoms with Crippen LogP contribution in [0.5, 0.6) is 0 Å². The number of unbranched alkanes of at least 4 members (excludes halogenated alkanes) is 3. The van der Waals surface area contributed by atoms with Gasteiger partial charge in [-0.05, 0) is 24.6 Å². The molecule has 2 aliphatic rings. The number of hydrogen-bond donors (Lipinski definition) is 1. The molecule has 6 nitrogen and oxygen atoms in total. The molecular formula is C23H25N3O3. The molecule has 4 rings (SSSR count). The first-order valence-corrected chi connectivity index (χ1v) is 10.2. The van der Waals surface area contributed by atoms with Crippen LogP contribution in [0.15, 0.2) is 48.5 Å². The summed E-state index contributed by atoms with van der Waals surface area (Å²) in [5, 5.41) is 2.91. The molecule has 29 heavy (non-hydrogen) atoms. The Morgan fingerprint density at radius 3 is 2.45 bits per heavy atom. The van der Waals surface area contributed by atoms with Crippen molar-refractivity contribution in [2.75, 3.05) is 18.0 Å². The quantitative estimate of drug-likeness (QED) is 0.735. The molecule has 0 unspecified atom stereocenters. The van der Waals surface area contributed by atoms with Gasteiger partial charge in [0.05, 0.1) is 11.3 Å². The van der Waals surface area contributed by atoms with Crippen LogP contribution in [0.1, 0.15) is 65.1 Å². The molecule has 0 saturated carbocycles. The molecule has 2 aromatic carbocycles. The fourth-order valence-corrected chi connectivity index (χ4v) is 4.12. The van der Waals surface area contributed by atoms with Gasteiger partial charge in [-0.25, -0.2) is 0 Å². The lowest BCUT2D eigenvalue weighted by Gasteiger charge is -2.40. The first-order chi connectivity index (χ1) is 14.1. The normalized spacial score (nSPS) is 17.1. The van der Waals surface area contributed by atoms with Crippen molar-refractivity contribution >= 4 is 23.4 Å². The SMILES string of the molecule is CCCCCCNC(=O)CN1C(=O)c2ccccc2N2C(=O)c3ccccc3[C@@H]12. The maximum Gasteiger partial charge on any atom is 0.260 e. The summed E-state index contributed by atoms with van der Waals surface area (Å²) >= 11 is 0. The average Bonchev–Trinajstić information content (AvgIpc) is 3.04. The number of nitrogens with zero attached hydrogens (tertiary/aromatic N) is 2. The van der Waals surface area contributed by atoms with E-state index in [-0.39, 0.29) is 24.3 Å². The van der Waals surface area contributed by atoms with Crippen LogP contribution in [-0.4, -0.2) is 35.7 Å². The second-order valence-corrected chi connectivity index (χ2v) is 7.50. The Balaban J connectivity index is 1.61. The Morgan fingerprint density at radius 2 is 1.66 bits per heavy atom. The molecule has 1 atom stereocenters. The first-order valence-electron chi connectivity index (χ1n) is 10.2. The summed E-state index contributed by atoms with van der Waals surface area (Å²) in [6, 6.07) is 14.4. The molecule has 1 N–H and O–H groups in total. The van der Waals surface area contributed by atoms with Crippen LogP contribution in [0.25, 0.3) is 0 Å². The number of carbonyl (C=O) groups is 3. The van der Waals surface area contributed by atoms with E-state index < -0.39 is 6.17 Å². The number of benzene rings is 2. The minimum atomic E-state index is -0.591. The summed E-state index contributed by atoms with van der Waals surface area (Å²) < 4.78 is 0. The van der Waals surface area contributed by atoms with Gasteiger partial charge in [0.25, 0.3) is 11.8 Å². The lowest BCUT2D eigenvalue weighted by atomic mass is 10.0. The monoisotopic (exact) mass is 391 g/mol. The van der Waals surface area contributed by atoms with Crippen molar-refractivity contribution in [1.29, 1.82) is 0 Å². The van der Waals surface area contributed by atoms with E-state index in [0.29, 0.717) is 23.4 Å². The zero-order valence-corrected chi connectivity index (χ0v) is 16.6. The maximum absolute atomic E-state index is 13.2. The summed E-state index contributed by atoms with van der Waals surface area (Å²) in [5.41, 5.74) is 2.38. The number of rotatable bonds is 7. The Hall–Kier alpha value is -3.15. The molecular weight excluding hydrogens is 366 g/mol. The Kier molecular flexibility index (Phi) is 5.34. The van der Waals surface area contributed by atoms with Crippen molar-refractivity contribution in [2.24, 2.45) is 0 Å². The van der Waals surface area contributed by atoms with Crippen LogP contribution < -0.4 is 10.2 Å². The van der Waals surface area contributed by atoms with Crippen LogP contribution in [0.3, 0.4) is 0 Å². The summed E-state index contributed by atoms with van der Waals surface area (Å²) in [4.78, 5) is 42.0. The van der Waals surface area contributed by atoms with Crippen LogP contribution in [0.2, 0.25) is 0 Å². The van der Waals surface area contributed by atoms with Gasteiger partial charge in [0.2, 0.25) is 5.91 Å². The molecule has 0 fully saturated rings. The number of para-hydroxylation sites is 1. The van der Waals surface area contributed by atoms with Gasteiger partial charge < -0.3 is 10.2 Å². The summed E-state index contributed by atoms with van der Waals surface area (Å²) in [5.74, 6) is -0.575. The molecule has 0 bridgehead atoms. The second-order valence-electron chi connectivity index (χ2n) is 7.50. The minimum absolute atomic E-state index is 0.0796. The lowest BCUT2D eigenvalue weighted by Crippen LogP contribution is -2.51. The zero-order chi connectivity index (χ0) is 20.4. The number of hydrogen-bond acceptors (Lipinski definition) is 3. The van der Waals surface area contributed by atoms with Gasteiger partial charge in [-0.3, -0.25) is 19.3 Å². The van der Waals surface area contributed by atoms with Crippen molar-refractivity contribution in [2.45, 2.75) is 38.8 Å². The van der Waals surface area contributed by atoms with E-state index in [0.717, 1.165) is 31.2 Å². The molecule has 150 valence electrons. The van der Waals surface area contributed by atoms with Gasteiger partial charge in [-0.15, -0.1) is 0 Å². The Morgan fingerprint density at radius 1 is 0.931 bits per heavy atom. The summed E-state index contributed by atoms with van der Waals surface area (Å²) in [7, 11) is 0. The Labute approximate surface area is 170 Å². The van der Waals surface area contributed by atoms with Crippen molar-refractivity contribution < 1.29 is 14.4 Å². The van der Waals surface area contributed by atoms with Gasteiger partial charge in [0.15, 0.2) is 0 Å². The fourth-order valence-electron chi connectivity index (χ4n) is 4.12. The third-order valence-corrected chi connectivity index (χ3v) is 5.55. The molecule has 2 heterocycles. The minimum Gasteiger partial charge on any atom is -0.355 e. The third-order valence-electron chi connectivity index (χ3n) is 5.55. The van der Waals surface area contributed by atoms with Gasteiger partial charge in [-0.2, -0.15) is 0 Å². The van der Waals surface area contributed by atoms with E-state index >= 15 is 0 Å². The zero-order valence-electron chi connectivity index (χ0n) is 16.6. The summed E-state index contributed by atoms with van der Waals surface area (Å²) in [6.45, 7) is 2.66. The number of nitrogens with one attached hydrogen (secondary N) is 1. The van der Waals surface area contributed by atoms with Gasteiger partial charge in [0.1, 0.15) is 12.7 Å². The number of fused-ring (bicyclic) bond motifs is 5. The van der Waals surface area contributed by atoms with Crippen LogP contribution in [0, 0.1) is 0 Å². The first kappa shape index (κ1) is 19.2. The van der Waals surface area contributed by atoms with E-state index in [4.69, 9.17) is 0 Å². The lowest BCUT2D eigenvalue weighted by molar-refractivity contribution is -0.122. The van der Waals surface area contributed by atoms with E-state index in [1.807, 2.05) is 24.3 Å². The van der Waals surface area contributed by atoms with Crippen LogP contribution in [-0.2, 0) is 4.79 Å².